The first-order valence-corrected chi connectivity index (χ1v) is 17.4. The van der Waals surface area contributed by atoms with Crippen molar-refractivity contribution in [3.63, 3.8) is 0 Å². The van der Waals surface area contributed by atoms with Gasteiger partial charge in [0.25, 0.3) is 0 Å². The number of ether oxygens (including phenoxy) is 2. The Morgan fingerprint density at radius 1 is 0.564 bits per heavy atom. The third-order valence-electron chi connectivity index (χ3n) is 6.85. The fourth-order valence-electron chi connectivity index (χ4n) is 4.53. The molecule has 0 aliphatic carbocycles. The van der Waals surface area contributed by atoms with Crippen LogP contribution in [0.15, 0.2) is 0 Å². The van der Waals surface area contributed by atoms with Gasteiger partial charge in [0.2, 0.25) is 0 Å². The third-order valence-corrected chi connectivity index (χ3v) is 7.33. The Balaban J connectivity index is 3.63. The highest BCUT2D eigenvalue weighted by Crippen LogP contribution is 2.35. The van der Waals surface area contributed by atoms with E-state index in [9.17, 15) is 14.2 Å². The molecule has 1 atom stereocenters. The lowest BCUT2D eigenvalue weighted by Gasteiger charge is -2.18. The molecule has 39 heavy (non-hydrogen) atoms. The molecular formula is C30H59O8P. The number of hydrogen-bond donors (Lipinski definition) is 2. The minimum absolute atomic E-state index is 0.217. The molecule has 1 unspecified atom stereocenters. The van der Waals surface area contributed by atoms with E-state index in [2.05, 4.69) is 11.4 Å². The van der Waals surface area contributed by atoms with E-state index >= 15 is 0 Å². The summed E-state index contributed by atoms with van der Waals surface area (Å²) < 4.78 is 25.6. The molecule has 0 aromatic carbocycles. The second-order valence-electron chi connectivity index (χ2n) is 10.8. The maximum atomic E-state index is 12.1. The van der Waals surface area contributed by atoms with Crippen molar-refractivity contribution < 1.29 is 37.9 Å². The van der Waals surface area contributed by atoms with Crippen molar-refractivity contribution in [2.75, 3.05) is 13.2 Å². The molecule has 0 spiro atoms. The van der Waals surface area contributed by atoms with E-state index in [-0.39, 0.29) is 19.4 Å². The first-order valence-electron chi connectivity index (χ1n) is 15.8. The van der Waals surface area contributed by atoms with Gasteiger partial charge in [-0.05, 0) is 12.8 Å². The van der Waals surface area contributed by atoms with Gasteiger partial charge in [-0.15, -0.1) is 0 Å². The van der Waals surface area contributed by atoms with Crippen LogP contribution in [0.25, 0.3) is 0 Å². The number of hydrogen-bond acceptors (Lipinski definition) is 6. The van der Waals surface area contributed by atoms with Crippen LogP contribution in [0.1, 0.15) is 162 Å². The molecule has 9 heteroatoms. The summed E-state index contributed by atoms with van der Waals surface area (Å²) in [4.78, 5) is 41.4. The molecule has 0 aromatic rings. The highest BCUT2D eigenvalue weighted by molar-refractivity contribution is 7.46. The molecule has 0 radical (unpaired) electrons. The number of carbonyl (C=O) groups is 2. The van der Waals surface area contributed by atoms with Crippen LogP contribution in [-0.4, -0.2) is 41.0 Å². The maximum Gasteiger partial charge on any atom is 0.469 e. The molecule has 0 aromatic heterocycles. The summed E-state index contributed by atoms with van der Waals surface area (Å²) in [6.07, 6.45) is 25.8. The van der Waals surface area contributed by atoms with Crippen LogP contribution in [0.5, 0.6) is 0 Å². The highest BCUT2D eigenvalue weighted by Gasteiger charge is 2.22. The second-order valence-corrected chi connectivity index (χ2v) is 12.0. The molecule has 232 valence electrons. The van der Waals surface area contributed by atoms with Crippen molar-refractivity contribution in [3.05, 3.63) is 0 Å². The molecule has 0 saturated carbocycles. The average Bonchev–Trinajstić information content (AvgIpc) is 2.88. The van der Waals surface area contributed by atoms with Crippen molar-refractivity contribution in [2.45, 2.75) is 168 Å². The van der Waals surface area contributed by atoms with Crippen LogP contribution in [0.4, 0.5) is 0 Å². The number of phosphoric acid groups is 1. The Morgan fingerprint density at radius 2 is 0.974 bits per heavy atom. The second kappa shape index (κ2) is 27.2. The summed E-state index contributed by atoms with van der Waals surface area (Å²) in [6.45, 7) is 3.28. The fourth-order valence-corrected chi connectivity index (χ4v) is 4.89. The van der Waals surface area contributed by atoms with Gasteiger partial charge in [-0.3, -0.25) is 14.1 Å². The smallest absolute Gasteiger partial charge is 0.462 e. The highest BCUT2D eigenvalue weighted by atomic mass is 31.2. The Kier molecular flexibility index (Phi) is 26.6. The minimum Gasteiger partial charge on any atom is -0.462 e. The molecular weight excluding hydrogens is 519 g/mol. The lowest BCUT2D eigenvalue weighted by molar-refractivity contribution is -0.161. The van der Waals surface area contributed by atoms with E-state index in [0.29, 0.717) is 12.8 Å². The van der Waals surface area contributed by atoms with Gasteiger partial charge in [0.1, 0.15) is 6.61 Å². The number of esters is 2. The van der Waals surface area contributed by atoms with Crippen molar-refractivity contribution in [3.8, 4) is 0 Å². The van der Waals surface area contributed by atoms with E-state index in [1.165, 1.54) is 109 Å². The van der Waals surface area contributed by atoms with E-state index in [4.69, 9.17) is 19.3 Å². The van der Waals surface area contributed by atoms with Crippen molar-refractivity contribution in [2.24, 2.45) is 0 Å². The molecule has 2 N–H and O–H groups in total. The molecule has 0 aliphatic heterocycles. The van der Waals surface area contributed by atoms with E-state index in [0.717, 1.165) is 12.8 Å². The Bertz CT molecular complexity index is 622. The quantitative estimate of drug-likeness (QED) is 0.0514. The summed E-state index contributed by atoms with van der Waals surface area (Å²) in [5.74, 6) is -0.938. The van der Waals surface area contributed by atoms with Crippen LogP contribution < -0.4 is 0 Å². The summed E-state index contributed by atoms with van der Waals surface area (Å²) in [6, 6.07) is 0. The first-order chi connectivity index (χ1) is 18.8. The molecule has 0 fully saturated rings. The standard InChI is InChI=1S/C30H59O8P/c1-3-5-6-7-8-9-10-11-12-13-14-15-16-17-18-19-20-21-22-23-25-30(32)38-28(27-37-39(33,34)35)26-36-29(31)24-4-2/h28H,3-27H2,1-2H3,(H2,33,34,35). The van der Waals surface area contributed by atoms with Crippen molar-refractivity contribution in [1.82, 2.24) is 0 Å². The van der Waals surface area contributed by atoms with Crippen molar-refractivity contribution >= 4 is 19.8 Å². The number of phosphoric ester groups is 1. The summed E-state index contributed by atoms with van der Waals surface area (Å²) >= 11 is 0. The zero-order chi connectivity index (χ0) is 29.0. The number of rotatable bonds is 29. The number of carbonyl (C=O) groups excluding carboxylic acids is 2. The summed E-state index contributed by atoms with van der Waals surface area (Å²) in [7, 11) is -4.71. The van der Waals surface area contributed by atoms with E-state index in [1.807, 2.05) is 6.92 Å². The average molecular weight is 579 g/mol. The van der Waals surface area contributed by atoms with Crippen LogP contribution in [0.3, 0.4) is 0 Å². The molecule has 0 bridgehead atoms. The van der Waals surface area contributed by atoms with Gasteiger partial charge in [-0.2, -0.15) is 0 Å². The molecule has 0 rings (SSSR count). The van der Waals surface area contributed by atoms with Gasteiger partial charge in [0.15, 0.2) is 6.10 Å². The van der Waals surface area contributed by atoms with E-state index in [1.54, 1.807) is 0 Å². The topological polar surface area (TPSA) is 119 Å². The third kappa shape index (κ3) is 29.8. The first kappa shape index (κ1) is 38.0. The predicted octanol–water partition coefficient (Wildman–Crippen LogP) is 8.56. The largest absolute Gasteiger partial charge is 0.469 e. The van der Waals surface area contributed by atoms with Crippen LogP contribution in [0.2, 0.25) is 0 Å². The molecule has 0 saturated heterocycles. The minimum atomic E-state index is -4.71. The van der Waals surface area contributed by atoms with Gasteiger partial charge in [0.05, 0.1) is 6.61 Å². The lowest BCUT2D eigenvalue weighted by Crippen LogP contribution is -2.29. The van der Waals surface area contributed by atoms with Gasteiger partial charge in [0, 0.05) is 12.8 Å². The lowest BCUT2D eigenvalue weighted by atomic mass is 10.0. The Hall–Kier alpha value is -0.950. The van der Waals surface area contributed by atoms with Crippen LogP contribution >= 0.6 is 7.82 Å². The summed E-state index contributed by atoms with van der Waals surface area (Å²) in [5.41, 5.74) is 0. The Labute approximate surface area is 238 Å². The molecule has 0 heterocycles. The van der Waals surface area contributed by atoms with Crippen LogP contribution in [-0.2, 0) is 28.2 Å². The zero-order valence-electron chi connectivity index (χ0n) is 25.0. The van der Waals surface area contributed by atoms with Gasteiger partial charge in [-0.25, -0.2) is 4.57 Å². The molecule has 0 amide bonds. The number of unbranched alkanes of at least 4 members (excludes halogenated alkanes) is 19. The maximum absolute atomic E-state index is 12.1. The molecule has 0 aliphatic rings. The monoisotopic (exact) mass is 578 g/mol. The van der Waals surface area contributed by atoms with Crippen molar-refractivity contribution in [1.29, 1.82) is 0 Å². The van der Waals surface area contributed by atoms with Gasteiger partial charge in [-0.1, -0.05) is 136 Å². The molecule has 8 nitrogen and oxygen atoms in total. The normalized spacial score (nSPS) is 12.4. The summed E-state index contributed by atoms with van der Waals surface area (Å²) in [5, 5.41) is 0. The van der Waals surface area contributed by atoms with E-state index < -0.39 is 32.5 Å². The van der Waals surface area contributed by atoms with Crippen LogP contribution in [0, 0.1) is 0 Å². The SMILES string of the molecule is CCCCCCCCCCCCCCCCCCCCCCC(=O)OC(COC(=O)CCC)COP(=O)(O)O. The van der Waals surface area contributed by atoms with Gasteiger partial charge < -0.3 is 19.3 Å². The fraction of sp³-hybridized carbons (Fsp3) is 0.933. The van der Waals surface area contributed by atoms with Gasteiger partial charge >= 0.3 is 19.8 Å². The predicted molar refractivity (Wildman–Crippen MR) is 156 cm³/mol. The zero-order valence-corrected chi connectivity index (χ0v) is 25.9. The Morgan fingerprint density at radius 3 is 1.36 bits per heavy atom.